The van der Waals surface area contributed by atoms with E-state index in [0.29, 0.717) is 19.2 Å². The van der Waals surface area contributed by atoms with Crippen molar-refractivity contribution in [1.82, 2.24) is 5.32 Å². The van der Waals surface area contributed by atoms with Gasteiger partial charge in [0, 0.05) is 12.6 Å². The molecule has 1 fully saturated rings. The summed E-state index contributed by atoms with van der Waals surface area (Å²) in [6.45, 7) is 7.28. The van der Waals surface area contributed by atoms with Gasteiger partial charge in [-0.3, -0.25) is 0 Å². The summed E-state index contributed by atoms with van der Waals surface area (Å²) < 4.78 is 5.37. The Balaban J connectivity index is 2.08. The molecule has 1 saturated carbocycles. The van der Waals surface area contributed by atoms with Crippen molar-refractivity contribution < 1.29 is 9.84 Å². The standard InChI is InChI=1S/C13H27NO2/c1-10(2)16-9-13(15)8-14-11(3)12-6-4-5-7-12/h10-15H,4-9H2,1-3H3/t11-,13?/m0/s1. The first-order valence-electron chi connectivity index (χ1n) is 6.62. The molecule has 3 nitrogen and oxygen atoms in total. The second-order valence-electron chi connectivity index (χ2n) is 5.28. The van der Waals surface area contributed by atoms with Crippen LogP contribution in [0.1, 0.15) is 46.5 Å². The van der Waals surface area contributed by atoms with Crippen LogP contribution in [0.25, 0.3) is 0 Å². The van der Waals surface area contributed by atoms with E-state index in [1.54, 1.807) is 0 Å². The summed E-state index contributed by atoms with van der Waals surface area (Å²) in [5.74, 6) is 0.804. The van der Waals surface area contributed by atoms with E-state index in [2.05, 4.69) is 12.2 Å². The predicted molar refractivity (Wildman–Crippen MR) is 66.5 cm³/mol. The Morgan fingerprint density at radius 3 is 2.44 bits per heavy atom. The van der Waals surface area contributed by atoms with Crippen molar-refractivity contribution in [2.24, 2.45) is 5.92 Å². The van der Waals surface area contributed by atoms with Crippen LogP contribution in [0.15, 0.2) is 0 Å². The van der Waals surface area contributed by atoms with E-state index >= 15 is 0 Å². The van der Waals surface area contributed by atoms with E-state index in [1.165, 1.54) is 25.7 Å². The molecule has 1 unspecified atom stereocenters. The highest BCUT2D eigenvalue weighted by Gasteiger charge is 2.21. The third-order valence-electron chi connectivity index (χ3n) is 3.40. The van der Waals surface area contributed by atoms with Crippen molar-refractivity contribution in [3.05, 3.63) is 0 Å². The molecule has 1 aliphatic carbocycles. The van der Waals surface area contributed by atoms with Gasteiger partial charge in [0.25, 0.3) is 0 Å². The summed E-state index contributed by atoms with van der Waals surface area (Å²) in [5, 5.41) is 13.1. The fraction of sp³-hybridized carbons (Fsp3) is 1.00. The van der Waals surface area contributed by atoms with Crippen molar-refractivity contribution >= 4 is 0 Å². The maximum atomic E-state index is 9.70. The molecule has 16 heavy (non-hydrogen) atoms. The molecule has 0 saturated heterocycles. The van der Waals surface area contributed by atoms with E-state index < -0.39 is 0 Å². The first kappa shape index (κ1) is 13.9. The van der Waals surface area contributed by atoms with Gasteiger partial charge in [0.15, 0.2) is 0 Å². The quantitative estimate of drug-likeness (QED) is 0.701. The van der Waals surface area contributed by atoms with Crippen LogP contribution < -0.4 is 5.32 Å². The summed E-state index contributed by atoms with van der Waals surface area (Å²) in [6, 6.07) is 0.524. The van der Waals surface area contributed by atoms with E-state index in [0.717, 1.165) is 5.92 Å². The minimum absolute atomic E-state index is 0.196. The lowest BCUT2D eigenvalue weighted by atomic mass is 10.00. The van der Waals surface area contributed by atoms with Crippen LogP contribution in [0.5, 0.6) is 0 Å². The largest absolute Gasteiger partial charge is 0.389 e. The third kappa shape index (κ3) is 5.28. The van der Waals surface area contributed by atoms with E-state index in [9.17, 15) is 5.11 Å². The first-order valence-corrected chi connectivity index (χ1v) is 6.62. The number of nitrogens with one attached hydrogen (secondary N) is 1. The van der Waals surface area contributed by atoms with Crippen LogP contribution >= 0.6 is 0 Å². The molecule has 96 valence electrons. The predicted octanol–water partition coefficient (Wildman–Crippen LogP) is 1.94. The zero-order valence-electron chi connectivity index (χ0n) is 10.9. The minimum atomic E-state index is -0.383. The van der Waals surface area contributed by atoms with Crippen molar-refractivity contribution in [1.29, 1.82) is 0 Å². The van der Waals surface area contributed by atoms with Gasteiger partial charge in [-0.2, -0.15) is 0 Å². The Hall–Kier alpha value is -0.120. The van der Waals surface area contributed by atoms with Crippen molar-refractivity contribution in [2.75, 3.05) is 13.2 Å². The molecule has 0 aromatic heterocycles. The number of hydrogen-bond donors (Lipinski definition) is 2. The fourth-order valence-corrected chi connectivity index (χ4v) is 2.31. The monoisotopic (exact) mass is 229 g/mol. The Kier molecular flexibility index (Phi) is 6.32. The molecule has 0 spiro atoms. The maximum absolute atomic E-state index is 9.70. The summed E-state index contributed by atoms with van der Waals surface area (Å²) >= 11 is 0. The molecule has 2 atom stereocenters. The van der Waals surface area contributed by atoms with Crippen molar-refractivity contribution in [2.45, 2.75) is 64.7 Å². The van der Waals surface area contributed by atoms with Gasteiger partial charge < -0.3 is 15.2 Å². The van der Waals surface area contributed by atoms with Gasteiger partial charge in [-0.1, -0.05) is 12.8 Å². The highest BCUT2D eigenvalue weighted by molar-refractivity contribution is 4.78. The molecule has 0 heterocycles. The molecule has 0 radical (unpaired) electrons. The molecule has 1 aliphatic rings. The van der Waals surface area contributed by atoms with Crippen molar-refractivity contribution in [3.8, 4) is 0 Å². The van der Waals surface area contributed by atoms with Crippen molar-refractivity contribution in [3.63, 3.8) is 0 Å². The summed E-state index contributed by atoms with van der Waals surface area (Å²) in [6.07, 6.45) is 5.23. The normalized spacial score (nSPS) is 21.6. The molecular formula is C13H27NO2. The van der Waals surface area contributed by atoms with Gasteiger partial charge in [0.1, 0.15) is 0 Å². The topological polar surface area (TPSA) is 41.5 Å². The Morgan fingerprint density at radius 2 is 1.88 bits per heavy atom. The molecular weight excluding hydrogens is 202 g/mol. The second kappa shape index (κ2) is 7.25. The molecule has 0 bridgehead atoms. The number of hydrogen-bond acceptors (Lipinski definition) is 3. The maximum Gasteiger partial charge on any atom is 0.0897 e. The zero-order valence-corrected chi connectivity index (χ0v) is 10.9. The minimum Gasteiger partial charge on any atom is -0.389 e. The fourth-order valence-electron chi connectivity index (χ4n) is 2.31. The van der Waals surface area contributed by atoms with Gasteiger partial charge in [0.05, 0.1) is 18.8 Å². The number of ether oxygens (including phenoxy) is 1. The molecule has 0 aliphatic heterocycles. The van der Waals surface area contributed by atoms with Crippen LogP contribution in [0.2, 0.25) is 0 Å². The van der Waals surface area contributed by atoms with Crippen LogP contribution in [-0.4, -0.2) is 36.5 Å². The van der Waals surface area contributed by atoms with E-state index in [1.807, 2.05) is 13.8 Å². The number of rotatable bonds is 7. The summed E-state index contributed by atoms with van der Waals surface area (Å²) in [5.41, 5.74) is 0. The zero-order chi connectivity index (χ0) is 12.0. The molecule has 2 N–H and O–H groups in total. The molecule has 0 amide bonds. The lowest BCUT2D eigenvalue weighted by Crippen LogP contribution is -2.39. The van der Waals surface area contributed by atoms with Crippen LogP contribution in [0, 0.1) is 5.92 Å². The van der Waals surface area contributed by atoms with E-state index in [4.69, 9.17) is 4.74 Å². The van der Waals surface area contributed by atoms with Gasteiger partial charge in [0.2, 0.25) is 0 Å². The van der Waals surface area contributed by atoms with Gasteiger partial charge >= 0.3 is 0 Å². The lowest BCUT2D eigenvalue weighted by molar-refractivity contribution is 0.00501. The molecule has 0 aromatic carbocycles. The van der Waals surface area contributed by atoms with Gasteiger partial charge in [-0.25, -0.2) is 0 Å². The first-order chi connectivity index (χ1) is 7.59. The number of aliphatic hydroxyl groups excluding tert-OH is 1. The molecule has 0 aromatic rings. The third-order valence-corrected chi connectivity index (χ3v) is 3.40. The average Bonchev–Trinajstić information content (AvgIpc) is 2.76. The highest BCUT2D eigenvalue weighted by Crippen LogP contribution is 2.27. The van der Waals surface area contributed by atoms with E-state index in [-0.39, 0.29) is 12.2 Å². The van der Waals surface area contributed by atoms with Crippen LogP contribution in [-0.2, 0) is 4.74 Å². The van der Waals surface area contributed by atoms with Gasteiger partial charge in [-0.15, -0.1) is 0 Å². The lowest BCUT2D eigenvalue weighted by Gasteiger charge is -2.22. The molecule has 3 heteroatoms. The Morgan fingerprint density at radius 1 is 1.25 bits per heavy atom. The average molecular weight is 229 g/mol. The smallest absolute Gasteiger partial charge is 0.0897 e. The SMILES string of the molecule is CC(C)OCC(O)CN[C@@H](C)C1CCCC1. The highest BCUT2D eigenvalue weighted by atomic mass is 16.5. The van der Waals surface area contributed by atoms with Crippen LogP contribution in [0.4, 0.5) is 0 Å². The molecule has 1 rings (SSSR count). The Bertz CT molecular complexity index is 179. The summed E-state index contributed by atoms with van der Waals surface area (Å²) in [7, 11) is 0. The number of aliphatic hydroxyl groups is 1. The summed E-state index contributed by atoms with van der Waals surface area (Å²) in [4.78, 5) is 0. The second-order valence-corrected chi connectivity index (χ2v) is 5.28. The Labute approximate surface area is 99.6 Å². The van der Waals surface area contributed by atoms with Gasteiger partial charge in [-0.05, 0) is 39.5 Å². The van der Waals surface area contributed by atoms with Crippen LogP contribution in [0.3, 0.4) is 0 Å².